The summed E-state index contributed by atoms with van der Waals surface area (Å²) in [5, 5.41) is 2.37. The predicted octanol–water partition coefficient (Wildman–Crippen LogP) is 3.84. The van der Waals surface area contributed by atoms with Gasteiger partial charge in [-0.15, -0.1) is 8.78 Å². The molecule has 0 radical (unpaired) electrons. The lowest BCUT2D eigenvalue weighted by molar-refractivity contribution is -0.287. The lowest BCUT2D eigenvalue weighted by atomic mass is 9.86. The highest BCUT2D eigenvalue weighted by atomic mass is 19.4. The lowest BCUT2D eigenvalue weighted by Crippen LogP contribution is -2.33. The van der Waals surface area contributed by atoms with Crippen molar-refractivity contribution < 1.29 is 50.5 Å². The zero-order valence-electron chi connectivity index (χ0n) is 19.0. The van der Waals surface area contributed by atoms with Crippen LogP contribution < -0.4 is 25.3 Å². The first-order valence-electron chi connectivity index (χ1n) is 10.6. The van der Waals surface area contributed by atoms with E-state index in [-0.39, 0.29) is 41.7 Å². The number of alkyl halides is 5. The van der Waals surface area contributed by atoms with Crippen molar-refractivity contribution in [1.29, 1.82) is 0 Å². The van der Waals surface area contributed by atoms with Crippen LogP contribution in [0.15, 0.2) is 30.5 Å². The summed E-state index contributed by atoms with van der Waals surface area (Å²) >= 11 is 0. The Kier molecular flexibility index (Phi) is 7.86. The van der Waals surface area contributed by atoms with Crippen LogP contribution in [0.4, 0.5) is 27.6 Å². The fraction of sp³-hybridized carbons (Fsp3) is 0.409. The van der Waals surface area contributed by atoms with Gasteiger partial charge in [0, 0.05) is 29.3 Å². The molecular formula is C22H22F5N3O6. The van der Waals surface area contributed by atoms with E-state index < -0.39 is 36.3 Å². The van der Waals surface area contributed by atoms with Crippen LogP contribution in [0.1, 0.15) is 35.8 Å². The first-order chi connectivity index (χ1) is 16.9. The standard InChI is InChI=1S/C15H15F5O4.C7H7N3O2/c1-3-21-10-5-4-8(11-12(10)24-15(19,20)23-11)9-6-22-13(7(9)2)14(16,17)18;8-7(12)6-3-5(10-4-11)1-2-9-6/h4-5,7,9,13H,3,6H2,1-2H3;1-4H,(H2,8,12)(H,9,10,11). The van der Waals surface area contributed by atoms with Crippen molar-refractivity contribution in [2.45, 2.75) is 38.3 Å². The topological polar surface area (TPSA) is 122 Å². The van der Waals surface area contributed by atoms with Gasteiger partial charge < -0.3 is 30.0 Å². The van der Waals surface area contributed by atoms with Gasteiger partial charge in [-0.25, -0.2) is 0 Å². The molecule has 1 fully saturated rings. The summed E-state index contributed by atoms with van der Waals surface area (Å²) in [6.07, 6.45) is -8.46. The minimum atomic E-state index is -4.52. The van der Waals surface area contributed by atoms with E-state index in [1.54, 1.807) is 13.0 Å². The molecule has 3 N–H and O–H groups in total. The number of nitrogens with zero attached hydrogens (tertiary/aromatic N) is 1. The summed E-state index contributed by atoms with van der Waals surface area (Å²) in [6.45, 7) is 2.99. The van der Waals surface area contributed by atoms with Gasteiger partial charge >= 0.3 is 12.5 Å². The Hall–Kier alpha value is -3.68. The second kappa shape index (κ2) is 10.5. The fourth-order valence-electron chi connectivity index (χ4n) is 3.79. The molecule has 4 rings (SSSR count). The summed E-state index contributed by atoms with van der Waals surface area (Å²) in [6, 6.07) is 5.76. The van der Waals surface area contributed by atoms with Crippen molar-refractivity contribution in [3.05, 3.63) is 41.7 Å². The van der Waals surface area contributed by atoms with E-state index in [0.29, 0.717) is 12.1 Å². The van der Waals surface area contributed by atoms with Crippen LogP contribution in [0.25, 0.3) is 0 Å². The van der Waals surface area contributed by atoms with Gasteiger partial charge in [0.1, 0.15) is 5.69 Å². The maximum atomic E-state index is 13.5. The first-order valence-corrected chi connectivity index (χ1v) is 10.6. The second-order valence-corrected chi connectivity index (χ2v) is 7.73. The van der Waals surface area contributed by atoms with Crippen LogP contribution in [0, 0.1) is 5.92 Å². The van der Waals surface area contributed by atoms with Crippen LogP contribution in [0.3, 0.4) is 0 Å². The molecule has 3 heterocycles. The number of rotatable bonds is 6. The molecule has 0 spiro atoms. The molecule has 1 saturated heterocycles. The minimum Gasteiger partial charge on any atom is -0.490 e. The molecule has 14 heteroatoms. The van der Waals surface area contributed by atoms with Gasteiger partial charge in [-0.2, -0.15) is 13.2 Å². The van der Waals surface area contributed by atoms with Gasteiger partial charge in [-0.1, -0.05) is 13.0 Å². The van der Waals surface area contributed by atoms with Crippen LogP contribution in [-0.4, -0.2) is 49.1 Å². The zero-order chi connectivity index (χ0) is 26.7. The average molecular weight is 519 g/mol. The van der Waals surface area contributed by atoms with Crippen molar-refractivity contribution in [1.82, 2.24) is 4.98 Å². The van der Waals surface area contributed by atoms with Gasteiger partial charge in [-0.3, -0.25) is 14.6 Å². The molecule has 0 bridgehead atoms. The van der Waals surface area contributed by atoms with E-state index in [4.69, 9.17) is 15.2 Å². The number of anilines is 1. The normalized spacial score (nSPS) is 21.8. The Morgan fingerprint density at radius 1 is 1.28 bits per heavy atom. The van der Waals surface area contributed by atoms with Crippen LogP contribution >= 0.6 is 0 Å². The van der Waals surface area contributed by atoms with Crippen molar-refractivity contribution in [3.63, 3.8) is 0 Å². The van der Waals surface area contributed by atoms with Gasteiger partial charge in [-0.05, 0) is 25.1 Å². The molecule has 2 aliphatic heterocycles. The average Bonchev–Trinajstić information content (AvgIpc) is 3.34. The summed E-state index contributed by atoms with van der Waals surface area (Å²) in [4.78, 5) is 24.3. The maximum Gasteiger partial charge on any atom is 0.586 e. The largest absolute Gasteiger partial charge is 0.586 e. The third kappa shape index (κ3) is 5.93. The number of halogens is 5. The van der Waals surface area contributed by atoms with Crippen molar-refractivity contribution in [2.75, 3.05) is 18.5 Å². The summed E-state index contributed by atoms with van der Waals surface area (Å²) in [7, 11) is 0. The van der Waals surface area contributed by atoms with E-state index in [1.807, 2.05) is 0 Å². The molecule has 0 aliphatic carbocycles. The Bertz CT molecular complexity index is 1110. The highest BCUT2D eigenvalue weighted by Crippen LogP contribution is 2.54. The van der Waals surface area contributed by atoms with Crippen molar-refractivity contribution in [3.8, 4) is 17.2 Å². The maximum absolute atomic E-state index is 13.5. The Morgan fingerprint density at radius 3 is 2.56 bits per heavy atom. The molecule has 3 atom stereocenters. The van der Waals surface area contributed by atoms with Crippen LogP contribution in [0.2, 0.25) is 0 Å². The number of fused-ring (bicyclic) bond motifs is 1. The van der Waals surface area contributed by atoms with E-state index in [1.165, 1.54) is 31.3 Å². The number of ether oxygens (including phenoxy) is 4. The number of nitrogens with two attached hydrogens (primary N) is 1. The number of hydrogen-bond acceptors (Lipinski definition) is 7. The fourth-order valence-corrected chi connectivity index (χ4v) is 3.79. The second-order valence-electron chi connectivity index (χ2n) is 7.73. The van der Waals surface area contributed by atoms with Gasteiger partial charge in [0.05, 0.1) is 13.2 Å². The summed E-state index contributed by atoms with van der Waals surface area (Å²) < 4.78 is 84.8. The molecule has 9 nitrogen and oxygen atoms in total. The molecule has 3 unspecified atom stereocenters. The monoisotopic (exact) mass is 519 g/mol. The Balaban J connectivity index is 0.000000253. The zero-order valence-corrected chi connectivity index (χ0v) is 19.0. The third-order valence-electron chi connectivity index (χ3n) is 5.38. The number of aromatic nitrogens is 1. The number of primary amides is 1. The molecule has 36 heavy (non-hydrogen) atoms. The highest BCUT2D eigenvalue weighted by molar-refractivity contribution is 5.92. The smallest absolute Gasteiger partial charge is 0.490 e. The number of hydrogen-bond donors (Lipinski definition) is 2. The molecular weight excluding hydrogens is 497 g/mol. The number of pyridine rings is 1. The third-order valence-corrected chi connectivity index (χ3v) is 5.38. The number of carbonyl (C=O) groups excluding carboxylic acids is 2. The van der Waals surface area contributed by atoms with Gasteiger partial charge in [0.25, 0.3) is 5.91 Å². The summed E-state index contributed by atoms with van der Waals surface area (Å²) in [5.74, 6) is -2.88. The van der Waals surface area contributed by atoms with E-state index in [9.17, 15) is 31.5 Å². The first kappa shape index (κ1) is 26.9. The number of benzene rings is 1. The van der Waals surface area contributed by atoms with Crippen molar-refractivity contribution >= 4 is 18.0 Å². The molecule has 196 valence electrons. The van der Waals surface area contributed by atoms with Crippen molar-refractivity contribution in [2.24, 2.45) is 11.7 Å². The minimum absolute atomic E-state index is 0.0485. The number of carbonyl (C=O) groups is 2. The lowest BCUT2D eigenvalue weighted by Gasteiger charge is -2.21. The predicted molar refractivity (Wildman–Crippen MR) is 114 cm³/mol. The number of nitrogens with one attached hydrogen (secondary N) is 1. The SMILES string of the molecule is CCOc1ccc(C2COC(C(F)(F)F)C2C)c2c1OC(F)(F)O2.NC(=O)c1cc(NC=O)ccn1. The molecule has 1 aromatic heterocycles. The van der Waals surface area contributed by atoms with E-state index >= 15 is 0 Å². The van der Waals surface area contributed by atoms with Gasteiger partial charge in [0.15, 0.2) is 17.6 Å². The Morgan fingerprint density at radius 2 is 1.97 bits per heavy atom. The summed E-state index contributed by atoms with van der Waals surface area (Å²) in [5.41, 5.74) is 5.77. The number of amides is 2. The molecule has 0 saturated carbocycles. The molecule has 2 aromatic rings. The molecule has 2 aliphatic rings. The quantitative estimate of drug-likeness (QED) is 0.439. The van der Waals surface area contributed by atoms with Crippen LogP contribution in [0.5, 0.6) is 17.2 Å². The van der Waals surface area contributed by atoms with Crippen LogP contribution in [-0.2, 0) is 9.53 Å². The highest BCUT2D eigenvalue weighted by Gasteiger charge is 2.53. The van der Waals surface area contributed by atoms with Gasteiger partial charge in [0.2, 0.25) is 12.2 Å². The molecule has 1 aromatic carbocycles. The molecule has 2 amide bonds. The Labute approximate surface area is 201 Å². The van der Waals surface area contributed by atoms with E-state index in [2.05, 4.69) is 19.8 Å². The van der Waals surface area contributed by atoms with E-state index in [0.717, 1.165) is 0 Å².